The molecule has 8 heteroatoms. The number of hydrogen-bond acceptors (Lipinski definition) is 6. The van der Waals surface area contributed by atoms with Gasteiger partial charge in [0.1, 0.15) is 5.70 Å². The molecule has 1 aromatic rings. The number of rotatable bonds is 6. The summed E-state index contributed by atoms with van der Waals surface area (Å²) < 4.78 is 9.38. The van der Waals surface area contributed by atoms with Crippen LogP contribution in [0.4, 0.5) is 4.79 Å². The lowest BCUT2D eigenvalue weighted by Crippen LogP contribution is -2.28. The van der Waals surface area contributed by atoms with Crippen molar-refractivity contribution >= 4 is 17.8 Å². The predicted octanol–water partition coefficient (Wildman–Crippen LogP) is 1.94. The molecule has 0 bridgehead atoms. The lowest BCUT2D eigenvalue weighted by molar-refractivity contribution is -0.420. The van der Waals surface area contributed by atoms with Gasteiger partial charge in [-0.05, 0) is 13.8 Å². The number of alkyl carbamates (subject to hydrolysis) is 1. The third kappa shape index (κ3) is 4.58. The first-order valence-electron chi connectivity index (χ1n) is 6.56. The van der Waals surface area contributed by atoms with Gasteiger partial charge in [0.05, 0.1) is 18.1 Å². The molecule has 0 spiro atoms. The molecule has 0 unspecified atom stereocenters. The van der Waals surface area contributed by atoms with Gasteiger partial charge < -0.3 is 9.47 Å². The number of ether oxygens (including phenoxy) is 2. The fourth-order valence-electron chi connectivity index (χ4n) is 1.61. The highest BCUT2D eigenvalue weighted by atomic mass is 16.6. The molecule has 0 fully saturated rings. The summed E-state index contributed by atoms with van der Waals surface area (Å²) >= 11 is 0. The minimum absolute atomic E-state index is 0.0301. The van der Waals surface area contributed by atoms with Crippen LogP contribution >= 0.6 is 0 Å². The van der Waals surface area contributed by atoms with Crippen molar-refractivity contribution in [2.75, 3.05) is 13.2 Å². The Labute approximate surface area is 126 Å². The van der Waals surface area contributed by atoms with E-state index in [1.807, 2.05) is 0 Å². The molecule has 8 nitrogen and oxygen atoms in total. The summed E-state index contributed by atoms with van der Waals surface area (Å²) in [4.78, 5) is 33.7. The molecule has 0 aliphatic carbocycles. The molecular weight excluding hydrogens is 292 g/mol. The Balaban J connectivity index is 3.37. The maximum atomic E-state index is 11.8. The van der Waals surface area contributed by atoms with E-state index < -0.39 is 22.7 Å². The van der Waals surface area contributed by atoms with Crippen molar-refractivity contribution in [3.63, 3.8) is 0 Å². The Kier molecular flexibility index (Phi) is 6.55. The third-order valence-electron chi connectivity index (χ3n) is 2.45. The molecule has 1 amide bonds. The van der Waals surface area contributed by atoms with Gasteiger partial charge in [-0.25, -0.2) is 9.59 Å². The minimum atomic E-state index is -1.14. The van der Waals surface area contributed by atoms with E-state index in [-0.39, 0.29) is 24.5 Å². The average molecular weight is 308 g/mol. The van der Waals surface area contributed by atoms with Crippen LogP contribution in [0.15, 0.2) is 36.0 Å². The molecule has 118 valence electrons. The Morgan fingerprint density at radius 2 is 1.73 bits per heavy atom. The van der Waals surface area contributed by atoms with E-state index in [0.717, 1.165) is 0 Å². The average Bonchev–Trinajstić information content (AvgIpc) is 2.47. The maximum Gasteiger partial charge on any atom is 0.412 e. The van der Waals surface area contributed by atoms with E-state index in [4.69, 9.17) is 4.74 Å². The summed E-state index contributed by atoms with van der Waals surface area (Å²) in [6, 6.07) is 7.96. The number of benzene rings is 1. The molecule has 0 atom stereocenters. The van der Waals surface area contributed by atoms with Gasteiger partial charge in [0.15, 0.2) is 0 Å². The summed E-state index contributed by atoms with van der Waals surface area (Å²) in [5.41, 5.74) is -0.848. The Hall–Kier alpha value is -2.90. The number of nitrogens with one attached hydrogen (secondary N) is 1. The van der Waals surface area contributed by atoms with Crippen LogP contribution in [0.3, 0.4) is 0 Å². The van der Waals surface area contributed by atoms with Gasteiger partial charge in [-0.1, -0.05) is 30.3 Å². The smallest absolute Gasteiger partial charge is 0.412 e. The van der Waals surface area contributed by atoms with Crippen molar-refractivity contribution in [1.29, 1.82) is 0 Å². The molecule has 1 aromatic carbocycles. The normalized spacial score (nSPS) is 11.2. The second-order valence-corrected chi connectivity index (χ2v) is 3.91. The van der Waals surface area contributed by atoms with E-state index in [1.165, 1.54) is 19.1 Å². The van der Waals surface area contributed by atoms with Crippen LogP contribution in [0.25, 0.3) is 5.70 Å². The summed E-state index contributed by atoms with van der Waals surface area (Å²) in [7, 11) is 0. The third-order valence-corrected chi connectivity index (χ3v) is 2.45. The zero-order valence-corrected chi connectivity index (χ0v) is 12.2. The molecule has 22 heavy (non-hydrogen) atoms. The SMILES string of the molecule is CCOC(=O)N/C(=C(/C(=O)OCC)[N+](=O)[O-])c1ccccc1. The molecule has 0 aromatic heterocycles. The molecule has 0 aliphatic rings. The fourth-order valence-corrected chi connectivity index (χ4v) is 1.61. The molecule has 0 aliphatic heterocycles. The molecule has 0 heterocycles. The Morgan fingerprint density at radius 3 is 2.23 bits per heavy atom. The van der Waals surface area contributed by atoms with Gasteiger partial charge in [-0.15, -0.1) is 0 Å². The number of carbonyl (C=O) groups is 2. The van der Waals surface area contributed by atoms with Gasteiger partial charge in [-0.2, -0.15) is 0 Å². The van der Waals surface area contributed by atoms with E-state index in [9.17, 15) is 19.7 Å². The number of hydrogen-bond donors (Lipinski definition) is 1. The van der Waals surface area contributed by atoms with Crippen LogP contribution in [-0.2, 0) is 14.3 Å². The van der Waals surface area contributed by atoms with Crippen LogP contribution in [0.1, 0.15) is 19.4 Å². The van der Waals surface area contributed by atoms with Crippen molar-refractivity contribution in [1.82, 2.24) is 5.32 Å². The summed E-state index contributed by atoms with van der Waals surface area (Å²) in [5, 5.41) is 13.5. The second kappa shape index (κ2) is 8.40. The van der Waals surface area contributed by atoms with Crippen LogP contribution < -0.4 is 5.32 Å². The maximum absolute atomic E-state index is 11.8. The van der Waals surface area contributed by atoms with E-state index >= 15 is 0 Å². The minimum Gasteiger partial charge on any atom is -0.458 e. The van der Waals surface area contributed by atoms with Crippen LogP contribution in [0.2, 0.25) is 0 Å². The number of nitrogens with zero attached hydrogens (tertiary/aromatic N) is 1. The van der Waals surface area contributed by atoms with Crippen molar-refractivity contribution in [2.24, 2.45) is 0 Å². The first-order valence-corrected chi connectivity index (χ1v) is 6.56. The summed E-state index contributed by atoms with van der Waals surface area (Å²) in [6.45, 7) is 3.17. The highest BCUT2D eigenvalue weighted by Crippen LogP contribution is 2.18. The van der Waals surface area contributed by atoms with Crippen LogP contribution in [0, 0.1) is 10.1 Å². The topological polar surface area (TPSA) is 108 Å². The predicted molar refractivity (Wildman–Crippen MR) is 77.1 cm³/mol. The first-order chi connectivity index (χ1) is 10.5. The molecule has 0 saturated heterocycles. The second-order valence-electron chi connectivity index (χ2n) is 3.91. The molecule has 0 radical (unpaired) electrons. The lowest BCUT2D eigenvalue weighted by atomic mass is 10.1. The van der Waals surface area contributed by atoms with E-state index in [2.05, 4.69) is 10.1 Å². The molecule has 1 rings (SSSR count). The monoisotopic (exact) mass is 308 g/mol. The number of esters is 1. The number of nitro groups is 1. The van der Waals surface area contributed by atoms with Crippen molar-refractivity contribution in [3.05, 3.63) is 51.7 Å². The van der Waals surface area contributed by atoms with Gasteiger partial charge in [0, 0.05) is 5.56 Å². The Bertz CT molecular complexity index is 582. The van der Waals surface area contributed by atoms with Crippen molar-refractivity contribution < 1.29 is 24.0 Å². The van der Waals surface area contributed by atoms with Crippen molar-refractivity contribution in [2.45, 2.75) is 13.8 Å². The van der Waals surface area contributed by atoms with Gasteiger partial charge in [0.25, 0.3) is 0 Å². The molecule has 0 saturated carbocycles. The highest BCUT2D eigenvalue weighted by molar-refractivity contribution is 5.97. The Morgan fingerprint density at radius 1 is 1.14 bits per heavy atom. The standard InChI is InChI=1S/C14H16N2O6/c1-3-21-13(17)12(16(19)20)11(15-14(18)22-4-2)10-8-6-5-7-9-10/h5-9H,3-4H2,1-2H3,(H,15,18)/b12-11-. The van der Waals surface area contributed by atoms with Crippen LogP contribution in [-0.4, -0.2) is 30.2 Å². The number of amides is 1. The molecule has 1 N–H and O–H groups in total. The first kappa shape index (κ1) is 17.2. The van der Waals surface area contributed by atoms with Gasteiger partial charge in [-0.3, -0.25) is 15.4 Å². The quantitative estimate of drug-likeness (QED) is 0.372. The zero-order valence-electron chi connectivity index (χ0n) is 12.2. The van der Waals surface area contributed by atoms with E-state index in [0.29, 0.717) is 0 Å². The zero-order chi connectivity index (χ0) is 16.5. The van der Waals surface area contributed by atoms with Gasteiger partial charge >= 0.3 is 17.8 Å². The summed E-state index contributed by atoms with van der Waals surface area (Å²) in [5.74, 6) is -1.14. The highest BCUT2D eigenvalue weighted by Gasteiger charge is 2.31. The molecular formula is C14H16N2O6. The largest absolute Gasteiger partial charge is 0.458 e. The van der Waals surface area contributed by atoms with E-state index in [1.54, 1.807) is 25.1 Å². The van der Waals surface area contributed by atoms with Crippen molar-refractivity contribution in [3.8, 4) is 0 Å². The van der Waals surface area contributed by atoms with Crippen LogP contribution in [0.5, 0.6) is 0 Å². The van der Waals surface area contributed by atoms with Gasteiger partial charge in [0.2, 0.25) is 0 Å². The number of carbonyl (C=O) groups excluding carboxylic acids is 2. The lowest BCUT2D eigenvalue weighted by Gasteiger charge is -2.10. The fraction of sp³-hybridized carbons (Fsp3) is 0.286. The summed E-state index contributed by atoms with van der Waals surface area (Å²) in [6.07, 6.45) is -0.898.